The summed E-state index contributed by atoms with van der Waals surface area (Å²) in [5, 5.41) is 0.826. The monoisotopic (exact) mass is 342 g/mol. The van der Waals surface area contributed by atoms with Gasteiger partial charge in [-0.1, -0.05) is 18.2 Å². The lowest BCUT2D eigenvalue weighted by Gasteiger charge is -2.11. The van der Waals surface area contributed by atoms with E-state index >= 15 is 0 Å². The van der Waals surface area contributed by atoms with Gasteiger partial charge in [-0.2, -0.15) is 4.72 Å². The molecule has 0 aliphatic carbocycles. The molecule has 6 heteroatoms. The molecule has 0 aliphatic rings. The Kier molecular flexibility index (Phi) is 4.51. The van der Waals surface area contributed by atoms with E-state index in [-0.39, 0.29) is 5.76 Å². The third-order valence-corrected chi connectivity index (χ3v) is 4.95. The molecule has 1 amide bonds. The van der Waals surface area contributed by atoms with E-state index in [9.17, 15) is 9.35 Å². The molecule has 1 N–H and O–H groups in total. The summed E-state index contributed by atoms with van der Waals surface area (Å²) in [6.45, 7) is 1.85. The SMILES string of the molecule is Cc1ccccc1[S+]([O-])NC(=O)c1cc2ccc(N(C)C)cc2o1. The Bertz CT molecular complexity index is 889. The predicted molar refractivity (Wildman–Crippen MR) is 95.6 cm³/mol. The van der Waals surface area contributed by atoms with Gasteiger partial charge in [-0.25, -0.2) is 0 Å². The van der Waals surface area contributed by atoms with E-state index in [0.29, 0.717) is 10.5 Å². The highest BCUT2D eigenvalue weighted by Crippen LogP contribution is 2.24. The van der Waals surface area contributed by atoms with Crippen molar-refractivity contribution in [3.63, 3.8) is 0 Å². The summed E-state index contributed by atoms with van der Waals surface area (Å²) >= 11 is -1.63. The van der Waals surface area contributed by atoms with Crippen molar-refractivity contribution in [3.05, 3.63) is 59.9 Å². The molecule has 3 rings (SSSR count). The summed E-state index contributed by atoms with van der Waals surface area (Å²) in [5.74, 6) is -0.359. The number of nitrogens with zero attached hydrogens (tertiary/aromatic N) is 1. The van der Waals surface area contributed by atoms with Gasteiger partial charge >= 0.3 is 5.91 Å². The normalized spacial score (nSPS) is 12.2. The Balaban J connectivity index is 1.82. The number of hydrogen-bond donors (Lipinski definition) is 1. The number of amides is 1. The lowest BCUT2D eigenvalue weighted by Crippen LogP contribution is -2.30. The summed E-state index contributed by atoms with van der Waals surface area (Å²) in [7, 11) is 3.87. The first kappa shape index (κ1) is 16.4. The third-order valence-electron chi connectivity index (χ3n) is 3.72. The Morgan fingerprint density at radius 2 is 1.92 bits per heavy atom. The number of rotatable bonds is 4. The first-order valence-corrected chi connectivity index (χ1v) is 8.60. The van der Waals surface area contributed by atoms with Gasteiger partial charge in [0, 0.05) is 36.8 Å². The smallest absolute Gasteiger partial charge is 0.328 e. The van der Waals surface area contributed by atoms with E-state index in [4.69, 9.17) is 4.42 Å². The zero-order valence-electron chi connectivity index (χ0n) is 13.7. The molecule has 0 bridgehead atoms. The highest BCUT2D eigenvalue weighted by molar-refractivity contribution is 7.90. The van der Waals surface area contributed by atoms with Gasteiger partial charge in [-0.15, -0.1) is 0 Å². The number of carbonyl (C=O) groups is 1. The average molecular weight is 342 g/mol. The molecule has 0 saturated carbocycles. The van der Waals surface area contributed by atoms with Crippen molar-refractivity contribution in [2.24, 2.45) is 0 Å². The molecule has 0 radical (unpaired) electrons. The van der Waals surface area contributed by atoms with Crippen LogP contribution in [0.4, 0.5) is 5.69 Å². The van der Waals surface area contributed by atoms with Gasteiger partial charge in [0.15, 0.2) is 10.7 Å². The number of fused-ring (bicyclic) bond motifs is 1. The van der Waals surface area contributed by atoms with Crippen LogP contribution in [-0.4, -0.2) is 24.6 Å². The molecule has 1 unspecified atom stereocenters. The van der Waals surface area contributed by atoms with Crippen molar-refractivity contribution in [3.8, 4) is 0 Å². The van der Waals surface area contributed by atoms with Crippen LogP contribution in [0, 0.1) is 6.92 Å². The van der Waals surface area contributed by atoms with Crippen LogP contribution in [0.2, 0.25) is 0 Å². The maximum Gasteiger partial charge on any atom is 0.328 e. The summed E-state index contributed by atoms with van der Waals surface area (Å²) < 4.78 is 20.4. The molecule has 3 aromatic rings. The van der Waals surface area contributed by atoms with Crippen molar-refractivity contribution in [2.75, 3.05) is 19.0 Å². The second-order valence-corrected chi connectivity index (χ2v) is 6.87. The quantitative estimate of drug-likeness (QED) is 0.739. The molecule has 0 spiro atoms. The van der Waals surface area contributed by atoms with E-state index in [2.05, 4.69) is 4.72 Å². The number of hydrogen-bond acceptors (Lipinski definition) is 4. The van der Waals surface area contributed by atoms with Gasteiger partial charge in [-0.3, -0.25) is 4.79 Å². The second kappa shape index (κ2) is 6.59. The highest BCUT2D eigenvalue weighted by atomic mass is 32.2. The lowest BCUT2D eigenvalue weighted by molar-refractivity contribution is 0.0956. The molecule has 2 aromatic carbocycles. The van der Waals surface area contributed by atoms with Crippen LogP contribution in [0.25, 0.3) is 11.0 Å². The molecule has 0 aliphatic heterocycles. The minimum absolute atomic E-state index is 0.142. The number of benzene rings is 2. The maximum atomic E-state index is 12.3. The topological polar surface area (TPSA) is 68.5 Å². The Labute approximate surface area is 143 Å². The summed E-state index contributed by atoms with van der Waals surface area (Å²) in [5.41, 5.74) is 2.46. The van der Waals surface area contributed by atoms with Crippen LogP contribution in [0.5, 0.6) is 0 Å². The van der Waals surface area contributed by atoms with Gasteiger partial charge in [0.25, 0.3) is 0 Å². The zero-order valence-corrected chi connectivity index (χ0v) is 14.5. The number of aryl methyl sites for hydroxylation is 1. The second-order valence-electron chi connectivity index (χ2n) is 5.69. The van der Waals surface area contributed by atoms with E-state index in [0.717, 1.165) is 16.6 Å². The lowest BCUT2D eigenvalue weighted by atomic mass is 10.2. The fourth-order valence-electron chi connectivity index (χ4n) is 2.36. The summed E-state index contributed by atoms with van der Waals surface area (Å²) in [4.78, 5) is 14.9. The van der Waals surface area contributed by atoms with E-state index < -0.39 is 17.3 Å². The van der Waals surface area contributed by atoms with Gasteiger partial charge in [0.05, 0.1) is 0 Å². The molecule has 1 atom stereocenters. The Hall–Kier alpha value is -2.44. The molecule has 0 saturated heterocycles. The number of nitrogens with one attached hydrogen (secondary N) is 1. The minimum atomic E-state index is -1.63. The minimum Gasteiger partial charge on any atom is -0.588 e. The first-order chi connectivity index (χ1) is 11.5. The van der Waals surface area contributed by atoms with Crippen molar-refractivity contribution < 1.29 is 13.8 Å². The maximum absolute atomic E-state index is 12.3. The Morgan fingerprint density at radius 3 is 2.62 bits per heavy atom. The molecule has 5 nitrogen and oxygen atoms in total. The van der Waals surface area contributed by atoms with Crippen molar-refractivity contribution >= 4 is 33.9 Å². The number of furan rings is 1. The molecule has 24 heavy (non-hydrogen) atoms. The Morgan fingerprint density at radius 1 is 1.17 bits per heavy atom. The van der Waals surface area contributed by atoms with Crippen LogP contribution in [0.15, 0.2) is 57.8 Å². The molecule has 0 fully saturated rings. The summed E-state index contributed by atoms with van der Waals surface area (Å²) in [6, 6.07) is 14.6. The van der Waals surface area contributed by atoms with Crippen molar-refractivity contribution in [1.82, 2.24) is 4.72 Å². The van der Waals surface area contributed by atoms with Gasteiger partial charge in [0.2, 0.25) is 0 Å². The molecule has 124 valence electrons. The standard InChI is InChI=1S/C18H18N2O3S/c1-12-6-4-5-7-17(12)24(22)19-18(21)16-10-13-8-9-14(20(2)3)11-15(13)23-16/h4-11H,1-3H3,(H,19,21). The fourth-order valence-corrected chi connectivity index (χ4v) is 3.31. The number of anilines is 1. The molecular formula is C18H18N2O3S. The van der Waals surface area contributed by atoms with Gasteiger partial charge in [0.1, 0.15) is 16.9 Å². The van der Waals surface area contributed by atoms with E-state index in [1.807, 2.05) is 56.3 Å². The van der Waals surface area contributed by atoms with Crippen LogP contribution in [0.3, 0.4) is 0 Å². The van der Waals surface area contributed by atoms with Crippen LogP contribution >= 0.6 is 0 Å². The van der Waals surface area contributed by atoms with Gasteiger partial charge in [-0.05, 0) is 31.2 Å². The highest BCUT2D eigenvalue weighted by Gasteiger charge is 2.21. The van der Waals surface area contributed by atoms with Crippen LogP contribution in [-0.2, 0) is 11.4 Å². The van der Waals surface area contributed by atoms with E-state index in [1.54, 1.807) is 18.2 Å². The van der Waals surface area contributed by atoms with Crippen LogP contribution in [0.1, 0.15) is 16.1 Å². The molecule has 1 aromatic heterocycles. The summed E-state index contributed by atoms with van der Waals surface area (Å²) in [6.07, 6.45) is 0. The molecular weight excluding hydrogens is 324 g/mol. The predicted octanol–water partition coefficient (Wildman–Crippen LogP) is 3.26. The number of carbonyl (C=O) groups excluding carboxylic acids is 1. The van der Waals surface area contributed by atoms with Crippen LogP contribution < -0.4 is 9.62 Å². The van der Waals surface area contributed by atoms with Crippen molar-refractivity contribution in [1.29, 1.82) is 0 Å². The average Bonchev–Trinajstić information content (AvgIpc) is 2.98. The first-order valence-electron chi connectivity index (χ1n) is 7.45. The van der Waals surface area contributed by atoms with Gasteiger partial charge < -0.3 is 13.9 Å². The zero-order chi connectivity index (χ0) is 17.3. The van der Waals surface area contributed by atoms with E-state index in [1.165, 1.54) is 0 Å². The van der Waals surface area contributed by atoms with Crippen molar-refractivity contribution in [2.45, 2.75) is 11.8 Å². The molecule has 1 heterocycles. The third kappa shape index (κ3) is 3.25. The largest absolute Gasteiger partial charge is 0.588 e. The fraction of sp³-hybridized carbons (Fsp3) is 0.167.